The van der Waals surface area contributed by atoms with Gasteiger partial charge in [-0.15, -0.1) is 21.5 Å². The SMILES string of the molecule is Cc1nnc(C(C)NC(C)c2ccc3c(c2)CCCC3)s1. The summed E-state index contributed by atoms with van der Waals surface area (Å²) in [5, 5.41) is 14.1. The zero-order valence-electron chi connectivity index (χ0n) is 13.0. The van der Waals surface area contributed by atoms with E-state index in [0.717, 1.165) is 10.0 Å². The molecule has 4 heteroatoms. The van der Waals surface area contributed by atoms with Crippen LogP contribution in [0.1, 0.15) is 65.5 Å². The van der Waals surface area contributed by atoms with E-state index in [-0.39, 0.29) is 6.04 Å². The smallest absolute Gasteiger partial charge is 0.134 e. The summed E-state index contributed by atoms with van der Waals surface area (Å²) in [6.45, 7) is 6.39. The molecule has 1 aliphatic rings. The van der Waals surface area contributed by atoms with E-state index in [9.17, 15) is 0 Å². The highest BCUT2D eigenvalue weighted by molar-refractivity contribution is 7.11. The Balaban J connectivity index is 1.71. The maximum Gasteiger partial charge on any atom is 0.134 e. The molecule has 2 atom stereocenters. The molecular weight excluding hydrogens is 278 g/mol. The van der Waals surface area contributed by atoms with Crippen molar-refractivity contribution >= 4 is 11.3 Å². The highest BCUT2D eigenvalue weighted by Crippen LogP contribution is 2.26. The van der Waals surface area contributed by atoms with E-state index in [4.69, 9.17) is 0 Å². The predicted octanol–water partition coefficient (Wildman–Crippen LogP) is 4.14. The minimum Gasteiger partial charge on any atom is -0.301 e. The minimum atomic E-state index is 0.238. The van der Waals surface area contributed by atoms with Crippen LogP contribution in [0.5, 0.6) is 0 Å². The molecule has 0 spiro atoms. The number of nitrogens with one attached hydrogen (secondary N) is 1. The van der Waals surface area contributed by atoms with Gasteiger partial charge in [-0.05, 0) is 63.1 Å². The molecule has 0 saturated heterocycles. The van der Waals surface area contributed by atoms with Crippen molar-refractivity contribution in [3.05, 3.63) is 44.9 Å². The lowest BCUT2D eigenvalue weighted by Gasteiger charge is -2.22. The quantitative estimate of drug-likeness (QED) is 0.922. The van der Waals surface area contributed by atoms with Crippen LogP contribution in [0.25, 0.3) is 0 Å². The molecule has 1 heterocycles. The first-order valence-corrected chi connectivity index (χ1v) is 8.63. The number of aromatic nitrogens is 2. The summed E-state index contributed by atoms with van der Waals surface area (Å²) in [7, 11) is 0. The Labute approximate surface area is 130 Å². The summed E-state index contributed by atoms with van der Waals surface area (Å²) in [6, 6.07) is 7.56. The number of nitrogens with zero attached hydrogens (tertiary/aromatic N) is 2. The second kappa shape index (κ2) is 6.24. The number of fused-ring (bicyclic) bond motifs is 1. The standard InChI is InChI=1S/C17H23N3S/c1-11(18-12(2)17-20-19-13(3)21-17)15-9-8-14-6-4-5-7-16(14)10-15/h8-12,18H,4-7H2,1-3H3. The third-order valence-electron chi connectivity index (χ3n) is 4.28. The zero-order valence-corrected chi connectivity index (χ0v) is 13.8. The molecule has 1 aromatic heterocycles. The Bertz CT molecular complexity index is 620. The molecule has 0 radical (unpaired) electrons. The van der Waals surface area contributed by atoms with Crippen LogP contribution >= 0.6 is 11.3 Å². The normalized spacial score (nSPS) is 17.3. The fourth-order valence-electron chi connectivity index (χ4n) is 3.05. The van der Waals surface area contributed by atoms with Crippen molar-refractivity contribution in [2.75, 3.05) is 0 Å². The van der Waals surface area contributed by atoms with Gasteiger partial charge in [-0.25, -0.2) is 0 Å². The lowest BCUT2D eigenvalue weighted by Crippen LogP contribution is -2.22. The van der Waals surface area contributed by atoms with Crippen LogP contribution in [0.3, 0.4) is 0 Å². The molecule has 0 amide bonds. The van der Waals surface area contributed by atoms with E-state index >= 15 is 0 Å². The van der Waals surface area contributed by atoms with Crippen LogP contribution in [0.4, 0.5) is 0 Å². The van der Waals surface area contributed by atoms with Crippen LogP contribution in [0.15, 0.2) is 18.2 Å². The third kappa shape index (κ3) is 3.33. The molecule has 3 nitrogen and oxygen atoms in total. The predicted molar refractivity (Wildman–Crippen MR) is 87.7 cm³/mol. The van der Waals surface area contributed by atoms with E-state index in [1.54, 1.807) is 22.5 Å². The molecule has 0 aliphatic heterocycles. The van der Waals surface area contributed by atoms with Crippen LogP contribution in [-0.2, 0) is 12.8 Å². The molecule has 112 valence electrons. The minimum absolute atomic E-state index is 0.238. The molecule has 21 heavy (non-hydrogen) atoms. The Morgan fingerprint density at radius 3 is 2.52 bits per heavy atom. The van der Waals surface area contributed by atoms with Crippen LogP contribution in [0, 0.1) is 6.92 Å². The Morgan fingerprint density at radius 1 is 1.05 bits per heavy atom. The van der Waals surface area contributed by atoms with Crippen molar-refractivity contribution in [2.45, 2.75) is 58.5 Å². The van der Waals surface area contributed by atoms with Gasteiger partial charge in [0.05, 0.1) is 6.04 Å². The number of aryl methyl sites for hydroxylation is 3. The number of benzene rings is 1. The maximum atomic E-state index is 4.24. The van der Waals surface area contributed by atoms with Gasteiger partial charge in [-0.1, -0.05) is 18.2 Å². The van der Waals surface area contributed by atoms with E-state index in [1.165, 1.54) is 31.2 Å². The zero-order chi connectivity index (χ0) is 14.8. The van der Waals surface area contributed by atoms with Crippen molar-refractivity contribution < 1.29 is 0 Å². The topological polar surface area (TPSA) is 37.8 Å². The van der Waals surface area contributed by atoms with Gasteiger partial charge in [0.25, 0.3) is 0 Å². The number of hydrogen-bond donors (Lipinski definition) is 1. The monoisotopic (exact) mass is 301 g/mol. The van der Waals surface area contributed by atoms with E-state index in [1.807, 2.05) is 6.92 Å². The molecule has 1 aliphatic carbocycles. The van der Waals surface area contributed by atoms with Gasteiger partial charge in [0.1, 0.15) is 10.0 Å². The molecular formula is C17H23N3S. The molecule has 0 saturated carbocycles. The fraction of sp³-hybridized carbons (Fsp3) is 0.529. The third-order valence-corrected chi connectivity index (χ3v) is 5.31. The average Bonchev–Trinajstić information content (AvgIpc) is 2.93. The van der Waals surface area contributed by atoms with Crippen molar-refractivity contribution in [1.29, 1.82) is 0 Å². The first-order chi connectivity index (χ1) is 10.1. The van der Waals surface area contributed by atoms with Gasteiger partial charge < -0.3 is 5.32 Å². The van der Waals surface area contributed by atoms with Crippen molar-refractivity contribution in [3.63, 3.8) is 0 Å². The first-order valence-electron chi connectivity index (χ1n) is 7.81. The second-order valence-electron chi connectivity index (χ2n) is 6.00. The molecule has 0 bridgehead atoms. The molecule has 2 unspecified atom stereocenters. The Morgan fingerprint density at radius 2 is 1.81 bits per heavy atom. The summed E-state index contributed by atoms with van der Waals surface area (Å²) in [4.78, 5) is 0. The molecule has 1 N–H and O–H groups in total. The largest absolute Gasteiger partial charge is 0.301 e. The summed E-state index contributed by atoms with van der Waals surface area (Å²) in [5.74, 6) is 0. The van der Waals surface area contributed by atoms with E-state index in [2.05, 4.69) is 47.6 Å². The molecule has 3 rings (SSSR count). The van der Waals surface area contributed by atoms with Gasteiger partial charge in [-0.2, -0.15) is 0 Å². The van der Waals surface area contributed by atoms with Crippen LogP contribution < -0.4 is 5.32 Å². The fourth-order valence-corrected chi connectivity index (χ4v) is 3.76. The van der Waals surface area contributed by atoms with E-state index in [0.29, 0.717) is 6.04 Å². The van der Waals surface area contributed by atoms with Gasteiger partial charge in [-0.3, -0.25) is 0 Å². The Kier molecular flexibility index (Phi) is 4.36. The lowest BCUT2D eigenvalue weighted by molar-refractivity contribution is 0.490. The van der Waals surface area contributed by atoms with E-state index < -0.39 is 0 Å². The van der Waals surface area contributed by atoms with Crippen molar-refractivity contribution in [3.8, 4) is 0 Å². The van der Waals surface area contributed by atoms with Gasteiger partial charge in [0, 0.05) is 6.04 Å². The van der Waals surface area contributed by atoms with Crippen LogP contribution in [0.2, 0.25) is 0 Å². The summed E-state index contributed by atoms with van der Waals surface area (Å²) >= 11 is 1.67. The number of rotatable bonds is 4. The highest BCUT2D eigenvalue weighted by Gasteiger charge is 2.16. The van der Waals surface area contributed by atoms with Crippen LogP contribution in [-0.4, -0.2) is 10.2 Å². The van der Waals surface area contributed by atoms with Crippen molar-refractivity contribution in [1.82, 2.24) is 15.5 Å². The highest BCUT2D eigenvalue weighted by atomic mass is 32.1. The number of hydrogen-bond acceptors (Lipinski definition) is 4. The van der Waals surface area contributed by atoms with Gasteiger partial charge in [0.15, 0.2) is 0 Å². The second-order valence-corrected chi connectivity index (χ2v) is 7.22. The van der Waals surface area contributed by atoms with Gasteiger partial charge in [0.2, 0.25) is 0 Å². The average molecular weight is 301 g/mol. The maximum absolute atomic E-state index is 4.24. The van der Waals surface area contributed by atoms with Gasteiger partial charge >= 0.3 is 0 Å². The lowest BCUT2D eigenvalue weighted by atomic mass is 9.89. The summed E-state index contributed by atoms with van der Waals surface area (Å²) < 4.78 is 0. The molecule has 1 aromatic carbocycles. The Hall–Kier alpha value is -1.26. The summed E-state index contributed by atoms with van der Waals surface area (Å²) in [5.41, 5.74) is 4.47. The summed E-state index contributed by atoms with van der Waals surface area (Å²) in [6.07, 6.45) is 5.16. The van der Waals surface area contributed by atoms with Crippen molar-refractivity contribution in [2.24, 2.45) is 0 Å². The molecule has 2 aromatic rings. The molecule has 0 fully saturated rings. The first kappa shape index (κ1) is 14.7.